The molecule has 1 saturated carbocycles. The summed E-state index contributed by atoms with van der Waals surface area (Å²) in [5.41, 5.74) is 6.21. The Hall–Kier alpha value is -1.03. The third kappa shape index (κ3) is 4.23. The van der Waals surface area contributed by atoms with Crippen molar-refractivity contribution in [1.82, 2.24) is 0 Å². The molecule has 1 aromatic rings. The fraction of sp³-hybridized carbons (Fsp3) is 0.625. The first-order valence-electron chi connectivity index (χ1n) is 7.34. The van der Waals surface area contributed by atoms with Crippen LogP contribution in [0.2, 0.25) is 0 Å². The van der Waals surface area contributed by atoms with Crippen LogP contribution in [0.3, 0.4) is 0 Å². The minimum atomic E-state index is -4.28. The molecule has 0 heterocycles. The van der Waals surface area contributed by atoms with E-state index in [-0.39, 0.29) is 5.54 Å². The third-order valence-electron chi connectivity index (χ3n) is 4.16. The van der Waals surface area contributed by atoms with Crippen LogP contribution in [0.1, 0.15) is 56.1 Å². The molecule has 4 heteroatoms. The molecule has 0 unspecified atom stereocenters. The Morgan fingerprint density at radius 2 is 1.60 bits per heavy atom. The summed E-state index contributed by atoms with van der Waals surface area (Å²) in [6.07, 6.45) is 3.84. The summed E-state index contributed by atoms with van der Waals surface area (Å²) in [6.45, 7) is 0. The van der Waals surface area contributed by atoms with E-state index in [1.165, 1.54) is 31.4 Å². The molecule has 1 nitrogen and oxygen atoms in total. The number of benzene rings is 1. The van der Waals surface area contributed by atoms with Crippen LogP contribution in [0.15, 0.2) is 24.3 Å². The number of rotatable bonds is 2. The average molecular weight is 285 g/mol. The average Bonchev–Trinajstić information content (AvgIpc) is 2.34. The number of halogens is 3. The van der Waals surface area contributed by atoms with Crippen molar-refractivity contribution in [1.29, 1.82) is 0 Å². The van der Waals surface area contributed by atoms with Crippen LogP contribution in [0.5, 0.6) is 0 Å². The van der Waals surface area contributed by atoms with Gasteiger partial charge in [0.15, 0.2) is 0 Å². The van der Waals surface area contributed by atoms with Crippen molar-refractivity contribution in [3.05, 3.63) is 35.4 Å². The van der Waals surface area contributed by atoms with Crippen molar-refractivity contribution in [3.63, 3.8) is 0 Å². The summed E-state index contributed by atoms with van der Waals surface area (Å²) in [7, 11) is 0. The van der Waals surface area contributed by atoms with Gasteiger partial charge in [-0.15, -0.1) is 0 Å². The summed E-state index contributed by atoms with van der Waals surface area (Å²) in [4.78, 5) is 0. The lowest BCUT2D eigenvalue weighted by Crippen LogP contribution is -2.42. The zero-order valence-electron chi connectivity index (χ0n) is 11.7. The van der Waals surface area contributed by atoms with Gasteiger partial charge in [0.25, 0.3) is 0 Å². The highest BCUT2D eigenvalue weighted by Crippen LogP contribution is 2.32. The van der Waals surface area contributed by atoms with Crippen LogP contribution in [0, 0.1) is 0 Å². The molecule has 1 aliphatic rings. The zero-order valence-corrected chi connectivity index (χ0v) is 11.7. The highest BCUT2D eigenvalue weighted by molar-refractivity contribution is 5.27. The Balaban J connectivity index is 2.11. The van der Waals surface area contributed by atoms with Gasteiger partial charge in [0.05, 0.1) is 5.56 Å². The zero-order chi connectivity index (χ0) is 14.6. The fourth-order valence-electron chi connectivity index (χ4n) is 3.05. The summed E-state index contributed by atoms with van der Waals surface area (Å²) < 4.78 is 38.2. The van der Waals surface area contributed by atoms with Crippen LogP contribution in [0.4, 0.5) is 13.2 Å². The summed E-state index contributed by atoms with van der Waals surface area (Å²) in [5, 5.41) is 0. The molecule has 1 aromatic carbocycles. The summed E-state index contributed by atoms with van der Waals surface area (Å²) in [6, 6.07) is 5.59. The lowest BCUT2D eigenvalue weighted by atomic mass is 9.80. The lowest BCUT2D eigenvalue weighted by molar-refractivity contribution is -0.137. The van der Waals surface area contributed by atoms with Crippen LogP contribution in [-0.2, 0) is 12.6 Å². The van der Waals surface area contributed by atoms with Gasteiger partial charge < -0.3 is 5.73 Å². The lowest BCUT2D eigenvalue weighted by Gasteiger charge is -2.31. The minimum absolute atomic E-state index is 0.343. The van der Waals surface area contributed by atoms with Gasteiger partial charge in [0.2, 0.25) is 0 Å². The van der Waals surface area contributed by atoms with E-state index in [0.29, 0.717) is 12.0 Å². The molecule has 0 aliphatic heterocycles. The standard InChI is InChI=1S/C16H22F3N/c17-16(18,19)14-8-6-7-13(11-14)12-15(20)9-4-2-1-3-5-10-15/h6-8,11H,1-5,9-10,12,20H2. The van der Waals surface area contributed by atoms with Gasteiger partial charge in [-0.1, -0.05) is 50.3 Å². The molecule has 112 valence electrons. The Labute approximate surface area is 118 Å². The van der Waals surface area contributed by atoms with Crippen LogP contribution in [0.25, 0.3) is 0 Å². The Morgan fingerprint density at radius 1 is 1.00 bits per heavy atom. The van der Waals surface area contributed by atoms with Gasteiger partial charge in [-0.25, -0.2) is 0 Å². The number of hydrogen-bond donors (Lipinski definition) is 1. The van der Waals surface area contributed by atoms with Crippen molar-refractivity contribution < 1.29 is 13.2 Å². The second-order valence-electron chi connectivity index (χ2n) is 6.01. The van der Waals surface area contributed by atoms with Crippen molar-refractivity contribution in [2.24, 2.45) is 5.73 Å². The molecule has 0 bridgehead atoms. The molecule has 0 aromatic heterocycles. The summed E-state index contributed by atoms with van der Waals surface area (Å²) >= 11 is 0. The van der Waals surface area contributed by atoms with E-state index in [2.05, 4.69) is 0 Å². The van der Waals surface area contributed by atoms with E-state index >= 15 is 0 Å². The SMILES string of the molecule is NC1(Cc2cccc(C(F)(F)F)c2)CCCCCCC1. The largest absolute Gasteiger partial charge is 0.416 e. The molecule has 2 rings (SSSR count). The van der Waals surface area contributed by atoms with Gasteiger partial charge in [0.1, 0.15) is 0 Å². The normalized spacial score (nSPS) is 20.2. The molecule has 0 radical (unpaired) electrons. The van der Waals surface area contributed by atoms with E-state index in [4.69, 9.17) is 5.73 Å². The van der Waals surface area contributed by atoms with Crippen LogP contribution < -0.4 is 5.73 Å². The van der Waals surface area contributed by atoms with Crippen molar-refractivity contribution >= 4 is 0 Å². The fourth-order valence-corrected chi connectivity index (χ4v) is 3.05. The molecule has 0 amide bonds. The smallest absolute Gasteiger partial charge is 0.325 e. The molecule has 1 fully saturated rings. The Morgan fingerprint density at radius 3 is 2.20 bits per heavy atom. The van der Waals surface area contributed by atoms with Gasteiger partial charge in [0, 0.05) is 5.54 Å². The Kier molecular flexibility index (Phi) is 4.74. The maximum Gasteiger partial charge on any atom is 0.416 e. The second-order valence-corrected chi connectivity index (χ2v) is 6.01. The first-order chi connectivity index (χ1) is 9.39. The monoisotopic (exact) mass is 285 g/mol. The third-order valence-corrected chi connectivity index (χ3v) is 4.16. The number of alkyl halides is 3. The first-order valence-corrected chi connectivity index (χ1v) is 7.34. The second kappa shape index (κ2) is 6.17. The van der Waals surface area contributed by atoms with Gasteiger partial charge in [-0.2, -0.15) is 13.2 Å². The highest BCUT2D eigenvalue weighted by Gasteiger charge is 2.31. The number of hydrogen-bond acceptors (Lipinski definition) is 1. The van der Waals surface area contributed by atoms with Crippen LogP contribution >= 0.6 is 0 Å². The quantitative estimate of drug-likeness (QED) is 0.838. The van der Waals surface area contributed by atoms with Gasteiger partial charge >= 0.3 is 6.18 Å². The topological polar surface area (TPSA) is 26.0 Å². The predicted molar refractivity (Wildman–Crippen MR) is 74.4 cm³/mol. The van der Waals surface area contributed by atoms with Crippen molar-refractivity contribution in [3.8, 4) is 0 Å². The molecular weight excluding hydrogens is 263 g/mol. The molecule has 0 saturated heterocycles. The predicted octanol–water partition coefficient (Wildman–Crippen LogP) is 4.69. The van der Waals surface area contributed by atoms with Crippen molar-refractivity contribution in [2.75, 3.05) is 0 Å². The number of nitrogens with two attached hydrogens (primary N) is 1. The van der Waals surface area contributed by atoms with Crippen molar-refractivity contribution in [2.45, 2.75) is 63.1 Å². The molecular formula is C16H22F3N. The van der Waals surface area contributed by atoms with E-state index in [9.17, 15) is 13.2 Å². The minimum Gasteiger partial charge on any atom is -0.325 e. The molecule has 2 N–H and O–H groups in total. The van der Waals surface area contributed by atoms with Gasteiger partial charge in [-0.3, -0.25) is 0 Å². The van der Waals surface area contributed by atoms with E-state index in [1.54, 1.807) is 6.07 Å². The summed E-state index contributed by atoms with van der Waals surface area (Å²) in [5.74, 6) is 0. The van der Waals surface area contributed by atoms with Gasteiger partial charge in [-0.05, 0) is 30.9 Å². The maximum atomic E-state index is 12.7. The van der Waals surface area contributed by atoms with Crippen LogP contribution in [-0.4, -0.2) is 5.54 Å². The molecule has 20 heavy (non-hydrogen) atoms. The molecule has 0 atom stereocenters. The highest BCUT2D eigenvalue weighted by atomic mass is 19.4. The molecule has 0 spiro atoms. The van der Waals surface area contributed by atoms with E-state index in [1.807, 2.05) is 0 Å². The maximum absolute atomic E-state index is 12.7. The first kappa shape index (κ1) is 15.4. The molecule has 1 aliphatic carbocycles. The Bertz CT molecular complexity index is 432. The van der Waals surface area contributed by atoms with E-state index < -0.39 is 11.7 Å². The van der Waals surface area contributed by atoms with E-state index in [0.717, 1.165) is 31.7 Å².